The van der Waals surface area contributed by atoms with Gasteiger partial charge in [-0.1, -0.05) is 6.92 Å². The van der Waals surface area contributed by atoms with Crippen LogP contribution >= 0.6 is 0 Å². The molecule has 1 saturated carbocycles. The monoisotopic (exact) mass is 250 g/mol. The lowest BCUT2D eigenvalue weighted by Crippen LogP contribution is -2.27. The number of benzene rings is 1. The van der Waals surface area contributed by atoms with Crippen molar-refractivity contribution in [3.05, 3.63) is 12.1 Å². The number of hydrogen-bond donors (Lipinski definition) is 1. The molecule has 0 aromatic heterocycles. The molecule has 1 aliphatic rings. The third-order valence-corrected chi connectivity index (χ3v) is 3.29. The Hall–Kier alpha value is -1.58. The van der Waals surface area contributed by atoms with Crippen LogP contribution in [0, 0.1) is 0 Å². The molecule has 2 rings (SSSR count). The third kappa shape index (κ3) is 2.47. The summed E-state index contributed by atoms with van der Waals surface area (Å²) in [5.41, 5.74) is 7.96. The molecular formula is C14H22N2O2. The summed E-state index contributed by atoms with van der Waals surface area (Å²) in [5.74, 6) is 1.43. The highest BCUT2D eigenvalue weighted by atomic mass is 16.5. The Morgan fingerprint density at radius 3 is 2.33 bits per heavy atom. The molecule has 0 unspecified atom stereocenters. The Balaban J connectivity index is 2.35. The molecule has 4 heteroatoms. The van der Waals surface area contributed by atoms with Gasteiger partial charge in [0, 0.05) is 24.7 Å². The van der Waals surface area contributed by atoms with Crippen LogP contribution in [0.5, 0.6) is 11.5 Å². The molecule has 0 radical (unpaired) electrons. The van der Waals surface area contributed by atoms with Crippen molar-refractivity contribution in [2.24, 2.45) is 0 Å². The van der Waals surface area contributed by atoms with Crippen LogP contribution < -0.4 is 20.1 Å². The largest absolute Gasteiger partial charge is 0.493 e. The highest BCUT2D eigenvalue weighted by Gasteiger charge is 2.30. The van der Waals surface area contributed by atoms with Gasteiger partial charge in [-0.25, -0.2) is 0 Å². The number of hydrogen-bond acceptors (Lipinski definition) is 4. The van der Waals surface area contributed by atoms with E-state index in [0.29, 0.717) is 11.8 Å². The minimum Gasteiger partial charge on any atom is -0.493 e. The van der Waals surface area contributed by atoms with Gasteiger partial charge in [-0.15, -0.1) is 0 Å². The second-order valence-corrected chi connectivity index (χ2v) is 4.69. The maximum Gasteiger partial charge on any atom is 0.162 e. The summed E-state index contributed by atoms with van der Waals surface area (Å²) in [6.45, 7) is 3.22. The second-order valence-electron chi connectivity index (χ2n) is 4.69. The molecule has 1 aromatic carbocycles. The molecule has 1 aliphatic carbocycles. The van der Waals surface area contributed by atoms with Crippen LogP contribution in [-0.4, -0.2) is 26.8 Å². The lowest BCUT2D eigenvalue weighted by atomic mass is 10.2. The molecule has 1 fully saturated rings. The lowest BCUT2D eigenvalue weighted by molar-refractivity contribution is 0.355. The normalized spacial score (nSPS) is 14.4. The molecule has 1 aromatic rings. The Labute approximate surface area is 109 Å². The van der Waals surface area contributed by atoms with Gasteiger partial charge < -0.3 is 20.1 Å². The van der Waals surface area contributed by atoms with Crippen molar-refractivity contribution in [1.82, 2.24) is 0 Å². The van der Waals surface area contributed by atoms with E-state index in [4.69, 9.17) is 15.2 Å². The first kappa shape index (κ1) is 12.9. The van der Waals surface area contributed by atoms with Gasteiger partial charge in [0.1, 0.15) is 0 Å². The third-order valence-electron chi connectivity index (χ3n) is 3.29. The lowest BCUT2D eigenvalue weighted by Gasteiger charge is -2.26. The summed E-state index contributed by atoms with van der Waals surface area (Å²) < 4.78 is 10.6. The summed E-state index contributed by atoms with van der Waals surface area (Å²) in [6, 6.07) is 4.48. The molecule has 2 N–H and O–H groups in total. The zero-order chi connectivity index (χ0) is 13.1. The maximum absolute atomic E-state index is 6.14. The molecule has 4 nitrogen and oxygen atoms in total. The van der Waals surface area contributed by atoms with E-state index in [2.05, 4.69) is 11.8 Å². The van der Waals surface area contributed by atoms with E-state index < -0.39 is 0 Å². The fraction of sp³-hybridized carbons (Fsp3) is 0.571. The molecule has 0 amide bonds. The second kappa shape index (κ2) is 5.38. The topological polar surface area (TPSA) is 47.7 Å². The van der Waals surface area contributed by atoms with Crippen LogP contribution in [0.1, 0.15) is 26.2 Å². The van der Waals surface area contributed by atoms with Crippen molar-refractivity contribution in [2.45, 2.75) is 32.2 Å². The van der Waals surface area contributed by atoms with Crippen LogP contribution in [0.25, 0.3) is 0 Å². The fourth-order valence-electron chi connectivity index (χ4n) is 2.26. The van der Waals surface area contributed by atoms with Crippen molar-refractivity contribution in [3.63, 3.8) is 0 Å². The number of methoxy groups -OCH3 is 2. The van der Waals surface area contributed by atoms with Crippen molar-refractivity contribution in [2.75, 3.05) is 31.4 Å². The maximum atomic E-state index is 6.14. The minimum atomic E-state index is 0.644. The molecule has 0 bridgehead atoms. The smallest absolute Gasteiger partial charge is 0.162 e. The predicted octanol–water partition coefficient (Wildman–Crippen LogP) is 2.66. The van der Waals surface area contributed by atoms with Gasteiger partial charge in [-0.3, -0.25) is 0 Å². The average molecular weight is 250 g/mol. The van der Waals surface area contributed by atoms with Crippen LogP contribution in [0.3, 0.4) is 0 Å². The average Bonchev–Trinajstić information content (AvgIpc) is 3.20. The first-order valence-electron chi connectivity index (χ1n) is 6.49. The van der Waals surface area contributed by atoms with E-state index in [1.807, 2.05) is 12.1 Å². The van der Waals surface area contributed by atoms with Crippen molar-refractivity contribution >= 4 is 11.4 Å². The van der Waals surface area contributed by atoms with Crippen LogP contribution in [0.2, 0.25) is 0 Å². The molecule has 18 heavy (non-hydrogen) atoms. The van der Waals surface area contributed by atoms with Gasteiger partial charge in [-0.2, -0.15) is 0 Å². The van der Waals surface area contributed by atoms with E-state index in [1.54, 1.807) is 14.2 Å². The number of anilines is 2. The van der Waals surface area contributed by atoms with Gasteiger partial charge in [0.25, 0.3) is 0 Å². The SMILES string of the molecule is CCCN(c1cc(OC)c(OC)cc1N)C1CC1. The molecule has 0 saturated heterocycles. The number of nitrogen functional groups attached to an aromatic ring is 1. The Bertz CT molecular complexity index is 417. The van der Waals surface area contributed by atoms with E-state index in [0.717, 1.165) is 30.1 Å². The number of ether oxygens (including phenoxy) is 2. The van der Waals surface area contributed by atoms with Gasteiger partial charge in [0.2, 0.25) is 0 Å². The predicted molar refractivity (Wildman–Crippen MR) is 74.6 cm³/mol. The van der Waals surface area contributed by atoms with Gasteiger partial charge in [-0.05, 0) is 19.3 Å². The zero-order valence-electron chi connectivity index (χ0n) is 11.4. The van der Waals surface area contributed by atoms with Crippen LogP contribution in [0.15, 0.2) is 12.1 Å². The molecule has 0 heterocycles. The fourth-order valence-corrected chi connectivity index (χ4v) is 2.26. The van der Waals surface area contributed by atoms with Gasteiger partial charge >= 0.3 is 0 Å². The Morgan fingerprint density at radius 2 is 1.83 bits per heavy atom. The Morgan fingerprint density at radius 1 is 1.22 bits per heavy atom. The first-order chi connectivity index (χ1) is 8.71. The number of nitrogens with zero attached hydrogens (tertiary/aromatic N) is 1. The number of nitrogens with two attached hydrogens (primary N) is 1. The molecule has 0 spiro atoms. The molecular weight excluding hydrogens is 228 g/mol. The highest BCUT2D eigenvalue weighted by molar-refractivity contribution is 5.73. The summed E-state index contributed by atoms with van der Waals surface area (Å²) in [5, 5.41) is 0. The van der Waals surface area contributed by atoms with Gasteiger partial charge in [0.05, 0.1) is 25.6 Å². The van der Waals surface area contributed by atoms with E-state index in [9.17, 15) is 0 Å². The molecule has 100 valence electrons. The Kier molecular flexibility index (Phi) is 3.84. The van der Waals surface area contributed by atoms with E-state index >= 15 is 0 Å². The molecule has 0 aliphatic heterocycles. The quantitative estimate of drug-likeness (QED) is 0.788. The van der Waals surface area contributed by atoms with Crippen molar-refractivity contribution in [1.29, 1.82) is 0 Å². The highest BCUT2D eigenvalue weighted by Crippen LogP contribution is 2.40. The molecule has 0 atom stereocenters. The first-order valence-corrected chi connectivity index (χ1v) is 6.49. The number of rotatable bonds is 6. The van der Waals surface area contributed by atoms with E-state index in [-0.39, 0.29) is 0 Å². The summed E-state index contributed by atoms with van der Waals surface area (Å²) in [6.07, 6.45) is 3.63. The standard InChI is InChI=1S/C14H22N2O2/c1-4-7-16(10-5-6-10)12-9-14(18-3)13(17-2)8-11(12)15/h8-10H,4-7,15H2,1-3H3. The van der Waals surface area contributed by atoms with Crippen LogP contribution in [0.4, 0.5) is 11.4 Å². The van der Waals surface area contributed by atoms with Crippen molar-refractivity contribution < 1.29 is 9.47 Å². The summed E-state index contributed by atoms with van der Waals surface area (Å²) in [4.78, 5) is 2.39. The summed E-state index contributed by atoms with van der Waals surface area (Å²) in [7, 11) is 3.28. The zero-order valence-corrected chi connectivity index (χ0v) is 11.4. The van der Waals surface area contributed by atoms with Crippen LogP contribution in [-0.2, 0) is 0 Å². The van der Waals surface area contributed by atoms with E-state index in [1.165, 1.54) is 12.8 Å². The van der Waals surface area contributed by atoms with Gasteiger partial charge in [0.15, 0.2) is 11.5 Å². The summed E-state index contributed by atoms with van der Waals surface area (Å²) >= 11 is 0. The minimum absolute atomic E-state index is 0.644. The van der Waals surface area contributed by atoms with Crippen molar-refractivity contribution in [3.8, 4) is 11.5 Å².